The molecule has 5 unspecified atom stereocenters. The van der Waals surface area contributed by atoms with Gasteiger partial charge in [0.05, 0.1) is 19.1 Å². The largest absolute Gasteiger partial charge is 0.466 e. The fraction of sp³-hybridized carbons (Fsp3) is 0.929. The first-order valence-electron chi connectivity index (χ1n) is 7.27. The van der Waals surface area contributed by atoms with Gasteiger partial charge >= 0.3 is 5.97 Å². The maximum atomic E-state index is 11.2. The predicted molar refractivity (Wildman–Crippen MR) is 66.9 cm³/mol. The number of fused-ring (bicyclic) bond motifs is 5. The molecule has 0 spiro atoms. The van der Waals surface area contributed by atoms with Crippen molar-refractivity contribution >= 4 is 5.97 Å². The maximum Gasteiger partial charge on any atom is 0.308 e. The van der Waals surface area contributed by atoms with Crippen LogP contribution in [0.4, 0.5) is 0 Å². The number of aliphatic hydroxyl groups is 1. The molecule has 5 atom stereocenters. The monoisotopic (exact) mass is 253 g/mol. The second-order valence-corrected chi connectivity index (χ2v) is 6.08. The van der Waals surface area contributed by atoms with Crippen molar-refractivity contribution in [3.05, 3.63) is 0 Å². The first-order valence-corrected chi connectivity index (χ1v) is 7.27. The first kappa shape index (κ1) is 12.4. The Hall–Kier alpha value is -0.610. The molecular weight excluding hydrogens is 230 g/mol. The third-order valence-electron chi connectivity index (χ3n) is 5.03. The van der Waals surface area contributed by atoms with Crippen LogP contribution >= 0.6 is 0 Å². The molecule has 3 saturated carbocycles. The zero-order valence-electron chi connectivity index (χ0n) is 11.0. The van der Waals surface area contributed by atoms with Gasteiger partial charge in [-0.2, -0.15) is 0 Å². The lowest BCUT2D eigenvalue weighted by atomic mass is 10.0. The average molecular weight is 253 g/mol. The van der Waals surface area contributed by atoms with E-state index in [0.717, 1.165) is 23.7 Å². The molecular formula is C14H23NO3. The Morgan fingerprint density at radius 1 is 1.39 bits per heavy atom. The third kappa shape index (κ3) is 2.16. The van der Waals surface area contributed by atoms with Crippen molar-refractivity contribution in [3.63, 3.8) is 0 Å². The van der Waals surface area contributed by atoms with Crippen LogP contribution in [0.1, 0.15) is 32.6 Å². The van der Waals surface area contributed by atoms with Crippen molar-refractivity contribution in [2.24, 2.45) is 23.7 Å². The van der Waals surface area contributed by atoms with Crippen molar-refractivity contribution in [2.45, 2.75) is 44.8 Å². The molecule has 3 aliphatic rings. The summed E-state index contributed by atoms with van der Waals surface area (Å²) in [6.45, 7) is 2.69. The van der Waals surface area contributed by atoms with Crippen LogP contribution in [0.25, 0.3) is 0 Å². The molecule has 0 aromatic carbocycles. The number of aliphatic hydroxyl groups excluding tert-OH is 1. The van der Waals surface area contributed by atoms with E-state index in [2.05, 4.69) is 5.32 Å². The average Bonchev–Trinajstić information content (AvgIpc) is 2.72. The number of nitrogens with one attached hydrogen (secondary N) is 1. The summed E-state index contributed by atoms with van der Waals surface area (Å²) in [5, 5.41) is 13.2. The molecule has 0 saturated heterocycles. The van der Waals surface area contributed by atoms with Crippen LogP contribution in [0, 0.1) is 23.7 Å². The zero-order valence-corrected chi connectivity index (χ0v) is 11.0. The van der Waals surface area contributed by atoms with E-state index < -0.39 is 6.10 Å². The molecule has 0 radical (unpaired) electrons. The Balaban J connectivity index is 1.37. The molecule has 4 heteroatoms. The highest BCUT2D eigenvalue weighted by Gasteiger charge is 2.64. The minimum atomic E-state index is -0.608. The summed E-state index contributed by atoms with van der Waals surface area (Å²) in [4.78, 5) is 11.2. The summed E-state index contributed by atoms with van der Waals surface area (Å²) in [5.74, 6) is 3.33. The third-order valence-corrected chi connectivity index (χ3v) is 5.03. The van der Waals surface area contributed by atoms with E-state index in [9.17, 15) is 9.90 Å². The minimum absolute atomic E-state index is 0.107. The number of ether oxygens (including phenoxy) is 1. The standard InChI is InChI=1S/C14H23NO3/c1-2-18-11(17)6-10(16)7-15-14-12-8-3-4-9(5-8)13(12)14/h8-10,12-16H,2-7H2,1H3. The van der Waals surface area contributed by atoms with E-state index in [-0.39, 0.29) is 12.4 Å². The zero-order chi connectivity index (χ0) is 12.7. The van der Waals surface area contributed by atoms with Crippen LogP contribution in [0.5, 0.6) is 0 Å². The topological polar surface area (TPSA) is 58.6 Å². The van der Waals surface area contributed by atoms with Crippen LogP contribution in [0.2, 0.25) is 0 Å². The number of hydrogen-bond donors (Lipinski definition) is 2. The molecule has 3 aliphatic carbocycles. The molecule has 2 bridgehead atoms. The molecule has 102 valence electrons. The van der Waals surface area contributed by atoms with Gasteiger partial charge in [-0.05, 0) is 49.9 Å². The lowest BCUT2D eigenvalue weighted by Gasteiger charge is -2.14. The van der Waals surface area contributed by atoms with E-state index in [1.807, 2.05) is 0 Å². The fourth-order valence-corrected chi connectivity index (χ4v) is 4.35. The molecule has 18 heavy (non-hydrogen) atoms. The SMILES string of the molecule is CCOC(=O)CC(O)CNC1C2C3CCC(C3)C12. The highest BCUT2D eigenvalue weighted by atomic mass is 16.5. The van der Waals surface area contributed by atoms with Gasteiger partial charge in [0.15, 0.2) is 0 Å². The van der Waals surface area contributed by atoms with Gasteiger partial charge in [0.2, 0.25) is 0 Å². The molecule has 0 aromatic rings. The van der Waals surface area contributed by atoms with Gasteiger partial charge in [-0.1, -0.05) is 0 Å². The second kappa shape index (κ2) is 4.82. The molecule has 0 aliphatic heterocycles. The highest BCUT2D eigenvalue weighted by molar-refractivity contribution is 5.69. The van der Waals surface area contributed by atoms with Crippen LogP contribution < -0.4 is 5.32 Å². The van der Waals surface area contributed by atoms with Crippen molar-refractivity contribution in [1.29, 1.82) is 0 Å². The number of carbonyl (C=O) groups is 1. The Kier molecular flexibility index (Phi) is 3.32. The van der Waals surface area contributed by atoms with E-state index in [1.54, 1.807) is 6.92 Å². The number of hydrogen-bond acceptors (Lipinski definition) is 4. The fourth-order valence-electron chi connectivity index (χ4n) is 4.35. The van der Waals surface area contributed by atoms with Gasteiger partial charge in [0.1, 0.15) is 0 Å². The number of rotatable bonds is 6. The normalized spacial score (nSPS) is 41.6. The maximum absolute atomic E-state index is 11.2. The van der Waals surface area contributed by atoms with Gasteiger partial charge in [-0.3, -0.25) is 4.79 Å². The summed E-state index contributed by atoms with van der Waals surface area (Å²) in [6.07, 6.45) is 3.77. The van der Waals surface area contributed by atoms with Gasteiger partial charge in [0.25, 0.3) is 0 Å². The van der Waals surface area contributed by atoms with Crippen molar-refractivity contribution in [1.82, 2.24) is 5.32 Å². The lowest BCUT2D eigenvalue weighted by molar-refractivity contribution is -0.145. The molecule has 2 N–H and O–H groups in total. The quantitative estimate of drug-likeness (QED) is 0.692. The Morgan fingerprint density at radius 2 is 2.06 bits per heavy atom. The van der Waals surface area contributed by atoms with Crippen molar-refractivity contribution in [2.75, 3.05) is 13.2 Å². The van der Waals surface area contributed by atoms with Gasteiger partial charge in [-0.15, -0.1) is 0 Å². The van der Waals surface area contributed by atoms with Crippen LogP contribution in [0.3, 0.4) is 0 Å². The minimum Gasteiger partial charge on any atom is -0.466 e. The van der Waals surface area contributed by atoms with Gasteiger partial charge < -0.3 is 15.2 Å². The van der Waals surface area contributed by atoms with Gasteiger partial charge in [-0.25, -0.2) is 0 Å². The molecule has 4 nitrogen and oxygen atoms in total. The van der Waals surface area contributed by atoms with E-state index in [1.165, 1.54) is 19.3 Å². The Bertz CT molecular complexity index is 317. The molecule has 0 heterocycles. The van der Waals surface area contributed by atoms with E-state index >= 15 is 0 Å². The number of esters is 1. The molecule has 3 fully saturated rings. The Morgan fingerprint density at radius 3 is 2.67 bits per heavy atom. The summed E-state index contributed by atoms with van der Waals surface area (Å²) in [5.41, 5.74) is 0. The second-order valence-electron chi connectivity index (χ2n) is 6.08. The highest BCUT2D eigenvalue weighted by Crippen LogP contribution is 2.65. The van der Waals surface area contributed by atoms with Crippen LogP contribution in [-0.4, -0.2) is 36.4 Å². The summed E-state index contributed by atoms with van der Waals surface area (Å²) < 4.78 is 4.83. The lowest BCUT2D eigenvalue weighted by Crippen LogP contribution is -2.33. The molecule has 0 aromatic heterocycles. The van der Waals surface area contributed by atoms with Crippen molar-refractivity contribution < 1.29 is 14.6 Å². The summed E-state index contributed by atoms with van der Waals surface area (Å²) in [7, 11) is 0. The molecule has 0 amide bonds. The summed E-state index contributed by atoms with van der Waals surface area (Å²) >= 11 is 0. The van der Waals surface area contributed by atoms with Gasteiger partial charge in [0, 0.05) is 12.6 Å². The first-order chi connectivity index (χ1) is 8.70. The van der Waals surface area contributed by atoms with Crippen LogP contribution in [-0.2, 0) is 9.53 Å². The number of carbonyl (C=O) groups excluding carboxylic acids is 1. The van der Waals surface area contributed by atoms with E-state index in [0.29, 0.717) is 19.2 Å². The Labute approximate surface area is 108 Å². The van der Waals surface area contributed by atoms with Crippen LogP contribution in [0.15, 0.2) is 0 Å². The predicted octanol–water partition coefficient (Wildman–Crippen LogP) is 0.935. The molecule has 3 rings (SSSR count). The summed E-state index contributed by atoms with van der Waals surface area (Å²) in [6, 6.07) is 0.619. The van der Waals surface area contributed by atoms with E-state index in [4.69, 9.17) is 4.74 Å². The van der Waals surface area contributed by atoms with Crippen molar-refractivity contribution in [3.8, 4) is 0 Å². The smallest absolute Gasteiger partial charge is 0.308 e.